The number of hydrogen-bond acceptors (Lipinski definition) is 4. The normalized spacial score (nSPS) is 39.0. The molecule has 5 heteroatoms. The van der Waals surface area contributed by atoms with E-state index in [4.69, 9.17) is 16.2 Å². The smallest absolute Gasteiger partial charge is 0.237 e. The number of rotatable bonds is 5. The minimum atomic E-state index is -0.778. The summed E-state index contributed by atoms with van der Waals surface area (Å²) in [5.41, 5.74) is 11.0. The molecule has 1 aliphatic heterocycles. The van der Waals surface area contributed by atoms with Gasteiger partial charge in [-0.1, -0.05) is 13.3 Å². The Hall–Kier alpha value is -0.650. The average Bonchev–Trinajstić information content (AvgIpc) is 2.79. The predicted molar refractivity (Wildman–Crippen MR) is 79.1 cm³/mol. The molecule has 1 aliphatic carbocycles. The second-order valence-corrected chi connectivity index (χ2v) is 6.48. The van der Waals surface area contributed by atoms with Crippen LogP contribution in [-0.2, 0) is 9.53 Å². The molecule has 1 heterocycles. The Bertz CT molecular complexity index is 350. The number of amides is 1. The third-order valence-corrected chi connectivity index (χ3v) is 5.15. The van der Waals surface area contributed by atoms with Crippen LogP contribution in [-0.4, -0.2) is 48.2 Å². The van der Waals surface area contributed by atoms with E-state index < -0.39 is 5.54 Å². The van der Waals surface area contributed by atoms with Crippen LogP contribution < -0.4 is 11.5 Å². The van der Waals surface area contributed by atoms with Gasteiger partial charge in [-0.05, 0) is 45.1 Å². The van der Waals surface area contributed by atoms with Crippen molar-refractivity contribution in [2.75, 3.05) is 19.7 Å². The second kappa shape index (κ2) is 6.41. The van der Waals surface area contributed by atoms with Crippen LogP contribution in [0.15, 0.2) is 0 Å². The van der Waals surface area contributed by atoms with Gasteiger partial charge in [-0.3, -0.25) is 9.69 Å². The van der Waals surface area contributed by atoms with Crippen molar-refractivity contribution >= 4 is 5.91 Å². The van der Waals surface area contributed by atoms with E-state index >= 15 is 0 Å². The number of hydrogen-bond donors (Lipinski definition) is 2. The maximum absolute atomic E-state index is 11.6. The van der Waals surface area contributed by atoms with Crippen LogP contribution in [0.5, 0.6) is 0 Å². The number of nitrogens with two attached hydrogens (primary N) is 2. The zero-order valence-corrected chi connectivity index (χ0v) is 12.8. The maximum Gasteiger partial charge on any atom is 0.237 e. The molecule has 0 spiro atoms. The molecule has 0 aromatic carbocycles. The monoisotopic (exact) mass is 283 g/mol. The van der Waals surface area contributed by atoms with Crippen molar-refractivity contribution in [3.63, 3.8) is 0 Å². The number of ether oxygens (including phenoxy) is 1. The summed E-state index contributed by atoms with van der Waals surface area (Å²) in [6.07, 6.45) is 5.13. The average molecular weight is 283 g/mol. The molecule has 1 saturated heterocycles. The molecule has 1 amide bonds. The van der Waals surface area contributed by atoms with Crippen molar-refractivity contribution in [3.8, 4) is 0 Å². The topological polar surface area (TPSA) is 81.6 Å². The zero-order chi connectivity index (χ0) is 14.8. The number of carbonyl (C=O) groups excluding carboxylic acids is 1. The largest absolute Gasteiger partial charge is 0.376 e. The molecule has 1 saturated carbocycles. The van der Waals surface area contributed by atoms with Gasteiger partial charge in [-0.25, -0.2) is 0 Å². The van der Waals surface area contributed by atoms with E-state index in [1.165, 1.54) is 0 Å². The van der Waals surface area contributed by atoms with Gasteiger partial charge < -0.3 is 16.2 Å². The Balaban J connectivity index is 1.91. The summed E-state index contributed by atoms with van der Waals surface area (Å²) in [7, 11) is 0. The Kier molecular flexibility index (Phi) is 5.04. The minimum Gasteiger partial charge on any atom is -0.376 e. The number of carbonyl (C=O) groups is 1. The van der Waals surface area contributed by atoms with Crippen molar-refractivity contribution in [2.45, 2.75) is 63.6 Å². The molecule has 0 bridgehead atoms. The van der Waals surface area contributed by atoms with Crippen molar-refractivity contribution < 1.29 is 9.53 Å². The van der Waals surface area contributed by atoms with E-state index in [9.17, 15) is 4.79 Å². The summed E-state index contributed by atoms with van der Waals surface area (Å²) in [5, 5.41) is 0. The number of nitrogens with zero attached hydrogens (tertiary/aromatic N) is 1. The van der Waals surface area contributed by atoms with Crippen molar-refractivity contribution in [2.24, 2.45) is 17.4 Å². The standard InChI is InChI=1S/C15H29N3O2/c1-3-13-10-20-11(2)9-18(13)8-6-12-5-4-7-15(12,17)14(16)19/h11-13H,3-10,17H2,1-2H3,(H2,16,19). The van der Waals surface area contributed by atoms with Gasteiger partial charge in [0.2, 0.25) is 5.91 Å². The van der Waals surface area contributed by atoms with Crippen LogP contribution in [0.25, 0.3) is 0 Å². The Labute approximate surface area is 122 Å². The van der Waals surface area contributed by atoms with Crippen LogP contribution in [0, 0.1) is 5.92 Å². The van der Waals surface area contributed by atoms with Crippen LogP contribution in [0.4, 0.5) is 0 Å². The molecule has 2 aliphatic rings. The molecule has 116 valence electrons. The predicted octanol–water partition coefficient (Wildman–Crippen LogP) is 0.859. The van der Waals surface area contributed by atoms with E-state index in [-0.39, 0.29) is 11.8 Å². The molecule has 0 radical (unpaired) electrons. The van der Waals surface area contributed by atoms with Crippen LogP contribution >= 0.6 is 0 Å². The summed E-state index contributed by atoms with van der Waals surface area (Å²) in [4.78, 5) is 14.1. The van der Waals surface area contributed by atoms with Crippen LogP contribution in [0.3, 0.4) is 0 Å². The lowest BCUT2D eigenvalue weighted by molar-refractivity contribution is -0.124. The lowest BCUT2D eigenvalue weighted by Crippen LogP contribution is -2.56. The number of primary amides is 1. The highest BCUT2D eigenvalue weighted by Gasteiger charge is 2.44. The first-order valence-corrected chi connectivity index (χ1v) is 7.91. The van der Waals surface area contributed by atoms with Crippen molar-refractivity contribution in [1.29, 1.82) is 0 Å². The van der Waals surface area contributed by atoms with Gasteiger partial charge in [0, 0.05) is 12.6 Å². The van der Waals surface area contributed by atoms with E-state index in [0.717, 1.165) is 51.8 Å². The molecule has 4 atom stereocenters. The van der Waals surface area contributed by atoms with E-state index in [1.807, 2.05) is 0 Å². The zero-order valence-electron chi connectivity index (χ0n) is 12.8. The van der Waals surface area contributed by atoms with Gasteiger partial charge in [-0.2, -0.15) is 0 Å². The Morgan fingerprint density at radius 1 is 1.50 bits per heavy atom. The lowest BCUT2D eigenvalue weighted by Gasteiger charge is -2.39. The van der Waals surface area contributed by atoms with Gasteiger partial charge >= 0.3 is 0 Å². The van der Waals surface area contributed by atoms with E-state index in [1.54, 1.807) is 0 Å². The molecule has 0 aromatic heterocycles. The van der Waals surface area contributed by atoms with Crippen molar-refractivity contribution in [3.05, 3.63) is 0 Å². The summed E-state index contributed by atoms with van der Waals surface area (Å²) < 4.78 is 5.72. The van der Waals surface area contributed by atoms with Crippen LogP contribution in [0.1, 0.15) is 46.0 Å². The molecule has 4 unspecified atom stereocenters. The van der Waals surface area contributed by atoms with E-state index in [2.05, 4.69) is 18.7 Å². The molecule has 5 nitrogen and oxygen atoms in total. The quantitative estimate of drug-likeness (QED) is 0.784. The SMILES string of the molecule is CCC1COC(C)CN1CCC1CCCC1(N)C(N)=O. The van der Waals surface area contributed by atoms with Gasteiger partial charge in [0.15, 0.2) is 0 Å². The third-order valence-electron chi connectivity index (χ3n) is 5.15. The molecule has 0 aromatic rings. The molecule has 2 rings (SSSR count). The Morgan fingerprint density at radius 2 is 2.25 bits per heavy atom. The molecule has 2 fully saturated rings. The minimum absolute atomic E-state index is 0.232. The van der Waals surface area contributed by atoms with Crippen molar-refractivity contribution in [1.82, 2.24) is 4.90 Å². The van der Waals surface area contributed by atoms with E-state index in [0.29, 0.717) is 12.1 Å². The fourth-order valence-electron chi connectivity index (χ4n) is 3.71. The van der Waals surface area contributed by atoms with Gasteiger partial charge in [0.1, 0.15) is 0 Å². The first kappa shape index (κ1) is 15.7. The first-order chi connectivity index (χ1) is 9.47. The lowest BCUT2D eigenvalue weighted by atomic mass is 9.84. The highest BCUT2D eigenvalue weighted by Crippen LogP contribution is 2.36. The fourth-order valence-corrected chi connectivity index (χ4v) is 3.71. The summed E-state index contributed by atoms with van der Waals surface area (Å²) in [5.74, 6) is -0.0990. The maximum atomic E-state index is 11.6. The Morgan fingerprint density at radius 3 is 2.90 bits per heavy atom. The molecule has 4 N–H and O–H groups in total. The molecular formula is C15H29N3O2. The highest BCUT2D eigenvalue weighted by molar-refractivity contribution is 5.85. The summed E-state index contributed by atoms with van der Waals surface area (Å²) >= 11 is 0. The third kappa shape index (κ3) is 3.15. The number of morpholine rings is 1. The first-order valence-electron chi connectivity index (χ1n) is 7.91. The summed E-state index contributed by atoms with van der Waals surface area (Å²) in [6.45, 7) is 7.09. The fraction of sp³-hybridized carbons (Fsp3) is 0.933. The highest BCUT2D eigenvalue weighted by atomic mass is 16.5. The van der Waals surface area contributed by atoms with Gasteiger partial charge in [-0.15, -0.1) is 0 Å². The molecule has 20 heavy (non-hydrogen) atoms. The summed E-state index contributed by atoms with van der Waals surface area (Å²) in [6, 6.07) is 0.494. The second-order valence-electron chi connectivity index (χ2n) is 6.48. The van der Waals surface area contributed by atoms with Crippen LogP contribution in [0.2, 0.25) is 0 Å². The van der Waals surface area contributed by atoms with Gasteiger partial charge in [0.05, 0.1) is 18.2 Å². The van der Waals surface area contributed by atoms with Gasteiger partial charge in [0.25, 0.3) is 0 Å². The molecular weight excluding hydrogens is 254 g/mol.